The van der Waals surface area contributed by atoms with Gasteiger partial charge in [-0.25, -0.2) is 4.39 Å². The molecule has 0 saturated heterocycles. The van der Waals surface area contributed by atoms with E-state index < -0.39 is 11.7 Å². The number of anilines is 1. The van der Waals surface area contributed by atoms with E-state index in [1.54, 1.807) is 18.2 Å². The van der Waals surface area contributed by atoms with Crippen molar-refractivity contribution < 1.29 is 9.18 Å². The molecule has 0 atom stereocenters. The van der Waals surface area contributed by atoms with Gasteiger partial charge in [-0.15, -0.1) is 0 Å². The molecule has 2 aromatic rings. The summed E-state index contributed by atoms with van der Waals surface area (Å²) in [6.07, 6.45) is 0. The molecule has 0 fully saturated rings. The van der Waals surface area contributed by atoms with Gasteiger partial charge in [-0.3, -0.25) is 4.79 Å². The van der Waals surface area contributed by atoms with Gasteiger partial charge in [-0.1, -0.05) is 39.1 Å². The van der Waals surface area contributed by atoms with Crippen LogP contribution in [0.1, 0.15) is 10.4 Å². The maximum Gasteiger partial charge on any atom is 0.257 e. The lowest BCUT2D eigenvalue weighted by Gasteiger charge is -2.08. The van der Waals surface area contributed by atoms with Crippen LogP contribution in [-0.4, -0.2) is 5.91 Å². The summed E-state index contributed by atoms with van der Waals surface area (Å²) in [4.78, 5) is 12.0. The number of hydrogen-bond donors (Lipinski definition) is 1. The minimum atomic E-state index is -0.542. The molecule has 2 rings (SSSR count). The van der Waals surface area contributed by atoms with Crippen LogP contribution in [0.2, 0.25) is 10.0 Å². The van der Waals surface area contributed by atoms with Crippen molar-refractivity contribution in [3.8, 4) is 0 Å². The first-order valence-electron chi connectivity index (χ1n) is 5.19. The molecule has 0 bridgehead atoms. The molecule has 0 heterocycles. The van der Waals surface area contributed by atoms with Crippen molar-refractivity contribution in [2.24, 2.45) is 0 Å². The number of nitrogens with one attached hydrogen (secondary N) is 1. The normalized spacial score (nSPS) is 10.3. The Morgan fingerprint density at radius 1 is 1.11 bits per heavy atom. The highest BCUT2D eigenvalue weighted by Gasteiger charge is 2.12. The molecule has 6 heteroatoms. The number of amides is 1. The summed E-state index contributed by atoms with van der Waals surface area (Å²) < 4.78 is 13.7. The van der Waals surface area contributed by atoms with E-state index in [9.17, 15) is 9.18 Å². The minimum absolute atomic E-state index is 0.0573. The fourth-order valence-electron chi connectivity index (χ4n) is 1.44. The van der Waals surface area contributed by atoms with Crippen LogP contribution in [0.5, 0.6) is 0 Å². The average molecular weight is 363 g/mol. The first kappa shape index (κ1) is 14.3. The number of carbonyl (C=O) groups is 1. The zero-order chi connectivity index (χ0) is 14.0. The van der Waals surface area contributed by atoms with E-state index in [-0.39, 0.29) is 5.02 Å². The van der Waals surface area contributed by atoms with E-state index in [1.165, 1.54) is 18.2 Å². The van der Waals surface area contributed by atoms with Crippen molar-refractivity contribution in [1.29, 1.82) is 0 Å². The third-order valence-corrected chi connectivity index (χ3v) is 3.46. The van der Waals surface area contributed by atoms with E-state index in [0.717, 1.165) is 4.47 Å². The van der Waals surface area contributed by atoms with Crippen molar-refractivity contribution in [2.45, 2.75) is 0 Å². The Morgan fingerprint density at radius 3 is 2.53 bits per heavy atom. The third-order valence-electron chi connectivity index (χ3n) is 2.35. The van der Waals surface area contributed by atoms with Gasteiger partial charge in [-0.2, -0.15) is 0 Å². The highest BCUT2D eigenvalue weighted by Crippen LogP contribution is 2.24. The van der Waals surface area contributed by atoms with Crippen molar-refractivity contribution in [3.63, 3.8) is 0 Å². The van der Waals surface area contributed by atoms with Gasteiger partial charge in [0.1, 0.15) is 5.82 Å². The van der Waals surface area contributed by atoms with E-state index in [2.05, 4.69) is 21.2 Å². The summed E-state index contributed by atoms with van der Waals surface area (Å²) in [6.45, 7) is 0. The Kier molecular flexibility index (Phi) is 4.45. The molecule has 1 amide bonds. The van der Waals surface area contributed by atoms with Gasteiger partial charge in [-0.05, 0) is 36.4 Å². The van der Waals surface area contributed by atoms with Crippen LogP contribution < -0.4 is 5.32 Å². The summed E-state index contributed by atoms with van der Waals surface area (Å²) in [5.74, 6) is -0.936. The minimum Gasteiger partial charge on any atom is -0.322 e. The van der Waals surface area contributed by atoms with Crippen LogP contribution in [0.25, 0.3) is 0 Å². The molecule has 2 nitrogen and oxygen atoms in total. The first-order valence-corrected chi connectivity index (χ1v) is 6.74. The standard InChI is InChI=1S/C13H7BrCl2FNO/c14-7-1-3-10(15)9(5-7)13(19)18-8-2-4-12(17)11(16)6-8/h1-6H,(H,18,19). The molecule has 0 aliphatic carbocycles. The van der Waals surface area contributed by atoms with Crippen LogP contribution in [-0.2, 0) is 0 Å². The Labute approximate surface area is 127 Å². The highest BCUT2D eigenvalue weighted by molar-refractivity contribution is 9.10. The molecule has 0 spiro atoms. The molecular formula is C13H7BrCl2FNO. The Hall–Kier alpha value is -1.10. The number of hydrogen-bond acceptors (Lipinski definition) is 1. The van der Waals surface area contributed by atoms with Crippen LogP contribution in [0.3, 0.4) is 0 Å². The molecule has 0 aromatic heterocycles. The zero-order valence-corrected chi connectivity index (χ0v) is 12.5. The Bertz CT molecular complexity index is 649. The Morgan fingerprint density at radius 2 is 1.84 bits per heavy atom. The van der Waals surface area contributed by atoms with Crippen molar-refractivity contribution in [1.82, 2.24) is 0 Å². The smallest absolute Gasteiger partial charge is 0.257 e. The van der Waals surface area contributed by atoms with Gasteiger partial charge in [0.05, 0.1) is 15.6 Å². The van der Waals surface area contributed by atoms with Gasteiger partial charge in [0.25, 0.3) is 5.91 Å². The maximum atomic E-state index is 13.0. The van der Waals surface area contributed by atoms with Gasteiger partial charge in [0.15, 0.2) is 0 Å². The molecule has 0 unspecified atom stereocenters. The topological polar surface area (TPSA) is 29.1 Å². The second-order valence-electron chi connectivity index (χ2n) is 3.71. The van der Waals surface area contributed by atoms with Crippen LogP contribution in [0.4, 0.5) is 10.1 Å². The molecule has 0 saturated carbocycles. The fraction of sp³-hybridized carbons (Fsp3) is 0. The molecule has 98 valence electrons. The third kappa shape index (κ3) is 3.47. The molecule has 0 radical (unpaired) electrons. The van der Waals surface area contributed by atoms with Crippen molar-refractivity contribution in [2.75, 3.05) is 5.32 Å². The van der Waals surface area contributed by atoms with Crippen LogP contribution in [0, 0.1) is 5.82 Å². The van der Waals surface area contributed by atoms with E-state index in [1.807, 2.05) is 0 Å². The summed E-state index contributed by atoms with van der Waals surface area (Å²) in [6, 6.07) is 8.88. The summed E-state index contributed by atoms with van der Waals surface area (Å²) in [7, 11) is 0. The highest BCUT2D eigenvalue weighted by atomic mass is 79.9. The predicted octanol–water partition coefficient (Wildman–Crippen LogP) is 5.15. The van der Waals surface area contributed by atoms with Gasteiger partial charge in [0.2, 0.25) is 0 Å². The Balaban J connectivity index is 2.25. The van der Waals surface area contributed by atoms with E-state index in [4.69, 9.17) is 23.2 Å². The van der Waals surface area contributed by atoms with E-state index in [0.29, 0.717) is 16.3 Å². The quantitative estimate of drug-likeness (QED) is 0.786. The zero-order valence-electron chi connectivity index (χ0n) is 9.38. The van der Waals surface area contributed by atoms with Crippen LogP contribution >= 0.6 is 39.1 Å². The monoisotopic (exact) mass is 361 g/mol. The molecule has 19 heavy (non-hydrogen) atoms. The van der Waals surface area contributed by atoms with Gasteiger partial charge >= 0.3 is 0 Å². The predicted molar refractivity (Wildman–Crippen MR) is 78.5 cm³/mol. The SMILES string of the molecule is O=C(Nc1ccc(F)c(Cl)c1)c1cc(Br)ccc1Cl. The second kappa shape index (κ2) is 5.90. The maximum absolute atomic E-state index is 13.0. The lowest BCUT2D eigenvalue weighted by molar-refractivity contribution is 0.102. The molecular weight excluding hydrogens is 356 g/mol. The van der Waals surface area contributed by atoms with Crippen molar-refractivity contribution in [3.05, 3.63) is 62.3 Å². The molecule has 0 aliphatic heterocycles. The van der Waals surface area contributed by atoms with Gasteiger partial charge < -0.3 is 5.32 Å². The summed E-state index contributed by atoms with van der Waals surface area (Å²) >= 11 is 14.8. The summed E-state index contributed by atoms with van der Waals surface area (Å²) in [5, 5.41) is 2.87. The molecule has 2 aromatic carbocycles. The number of carbonyl (C=O) groups excluding carboxylic acids is 1. The first-order chi connectivity index (χ1) is 8.97. The van der Waals surface area contributed by atoms with Gasteiger partial charge in [0, 0.05) is 10.2 Å². The molecule has 0 aliphatic rings. The molecule has 1 N–H and O–H groups in total. The van der Waals surface area contributed by atoms with Crippen molar-refractivity contribution >= 4 is 50.7 Å². The van der Waals surface area contributed by atoms with E-state index >= 15 is 0 Å². The average Bonchev–Trinajstić information content (AvgIpc) is 2.36. The number of halogens is 4. The lowest BCUT2D eigenvalue weighted by Crippen LogP contribution is -2.12. The van der Waals surface area contributed by atoms with Crippen LogP contribution in [0.15, 0.2) is 40.9 Å². The fourth-order valence-corrected chi connectivity index (χ4v) is 2.19. The number of rotatable bonds is 2. The number of benzene rings is 2. The second-order valence-corrected chi connectivity index (χ2v) is 5.44. The lowest BCUT2D eigenvalue weighted by atomic mass is 10.2. The summed E-state index contributed by atoms with van der Waals surface area (Å²) in [5.41, 5.74) is 0.712. The largest absolute Gasteiger partial charge is 0.322 e.